The molecule has 2 aromatic rings. The van der Waals surface area contributed by atoms with Crippen LogP contribution in [0.15, 0.2) is 29.1 Å². The molecule has 0 atom stereocenters. The summed E-state index contributed by atoms with van der Waals surface area (Å²) in [5.74, 6) is -0.451. The molecule has 1 heterocycles. The second kappa shape index (κ2) is 4.29. The maximum absolute atomic E-state index is 12.2. The third-order valence-corrected chi connectivity index (χ3v) is 2.92. The Balaban J connectivity index is 2.91. The minimum Gasteiger partial charge on any atom is -0.399 e. The number of hydrogen-bond acceptors (Lipinski definition) is 3. The minimum absolute atomic E-state index is 0.209. The van der Waals surface area contributed by atoms with E-state index in [0.29, 0.717) is 16.8 Å². The first-order valence-electron chi connectivity index (χ1n) is 5.88. The van der Waals surface area contributed by atoms with Gasteiger partial charge in [0.25, 0.3) is 5.56 Å². The Labute approximate surface area is 105 Å². The fourth-order valence-electron chi connectivity index (χ4n) is 1.93. The Kier molecular flexibility index (Phi) is 2.95. The van der Waals surface area contributed by atoms with Crippen LogP contribution in [0.2, 0.25) is 0 Å². The molecule has 94 valence electrons. The summed E-state index contributed by atoms with van der Waals surface area (Å²) in [7, 11) is 0. The van der Waals surface area contributed by atoms with Gasteiger partial charge in [-0.2, -0.15) is 0 Å². The zero-order chi connectivity index (χ0) is 13.4. The quantitative estimate of drug-likeness (QED) is 0.782. The van der Waals surface area contributed by atoms with Gasteiger partial charge < -0.3 is 5.73 Å². The van der Waals surface area contributed by atoms with Crippen LogP contribution in [0.3, 0.4) is 0 Å². The topological polar surface area (TPSA) is 65.1 Å². The lowest BCUT2D eigenvalue weighted by Gasteiger charge is -2.12. The zero-order valence-corrected chi connectivity index (χ0v) is 10.7. The first kappa shape index (κ1) is 12.4. The Hall–Kier alpha value is -2.10. The lowest BCUT2D eigenvalue weighted by Crippen LogP contribution is -2.31. The first-order chi connectivity index (χ1) is 8.41. The number of fused-ring (bicyclic) bond motifs is 1. The second-order valence-corrected chi connectivity index (χ2v) is 4.78. The molecule has 0 saturated carbocycles. The van der Waals surface area contributed by atoms with E-state index in [1.807, 2.05) is 6.07 Å². The number of nitrogen functional groups attached to an aromatic ring is 1. The molecule has 0 fully saturated rings. The standard InChI is InChI=1S/C14H16N2O2/c1-8(2)13(17)16-12-7-11(15)5-4-10(12)6-9(3)14(16)18/h4-8H,15H2,1-3H3. The van der Waals surface area contributed by atoms with E-state index in [2.05, 4.69) is 0 Å². The molecule has 0 radical (unpaired) electrons. The van der Waals surface area contributed by atoms with Crippen molar-refractivity contribution < 1.29 is 4.79 Å². The predicted octanol–water partition coefficient (Wildman–Crippen LogP) is 2.19. The number of rotatable bonds is 1. The molecule has 0 spiro atoms. The molecule has 18 heavy (non-hydrogen) atoms. The van der Waals surface area contributed by atoms with Crippen molar-refractivity contribution in [1.82, 2.24) is 4.57 Å². The summed E-state index contributed by atoms with van der Waals surface area (Å²) in [4.78, 5) is 24.3. The third kappa shape index (κ3) is 1.90. The van der Waals surface area contributed by atoms with Crippen LogP contribution in [-0.2, 0) is 0 Å². The summed E-state index contributed by atoms with van der Waals surface area (Å²) in [6.45, 7) is 5.26. The van der Waals surface area contributed by atoms with Crippen molar-refractivity contribution in [3.8, 4) is 0 Å². The number of aryl methyl sites for hydroxylation is 1. The molecule has 0 aliphatic carbocycles. The number of hydrogen-bond donors (Lipinski definition) is 1. The lowest BCUT2D eigenvalue weighted by atomic mass is 10.1. The molecule has 4 nitrogen and oxygen atoms in total. The van der Waals surface area contributed by atoms with E-state index >= 15 is 0 Å². The van der Waals surface area contributed by atoms with E-state index in [0.717, 1.165) is 5.39 Å². The molecule has 4 heteroatoms. The molecule has 0 unspecified atom stereocenters. The number of benzene rings is 1. The highest BCUT2D eigenvalue weighted by molar-refractivity contribution is 5.93. The molecule has 2 rings (SSSR count). The smallest absolute Gasteiger partial charge is 0.260 e. The lowest BCUT2D eigenvalue weighted by molar-refractivity contribution is 0.0856. The largest absolute Gasteiger partial charge is 0.399 e. The summed E-state index contributed by atoms with van der Waals surface area (Å²) in [6.07, 6.45) is 0. The molecule has 0 amide bonds. The third-order valence-electron chi connectivity index (χ3n) is 2.92. The molecule has 0 aliphatic heterocycles. The van der Waals surface area contributed by atoms with Gasteiger partial charge in [-0.1, -0.05) is 19.9 Å². The molecule has 2 N–H and O–H groups in total. The Morgan fingerprint density at radius 3 is 2.56 bits per heavy atom. The SMILES string of the molecule is Cc1cc2ccc(N)cc2n(C(=O)C(C)C)c1=O. The van der Waals surface area contributed by atoms with Crippen molar-refractivity contribution in [3.63, 3.8) is 0 Å². The highest BCUT2D eigenvalue weighted by atomic mass is 16.2. The number of nitrogens with zero attached hydrogens (tertiary/aromatic N) is 1. The van der Waals surface area contributed by atoms with Gasteiger partial charge in [-0.25, -0.2) is 4.57 Å². The predicted molar refractivity (Wildman–Crippen MR) is 72.8 cm³/mol. The van der Waals surface area contributed by atoms with Crippen LogP contribution >= 0.6 is 0 Å². The van der Waals surface area contributed by atoms with E-state index < -0.39 is 0 Å². The number of nitrogens with two attached hydrogens (primary N) is 1. The van der Waals surface area contributed by atoms with Crippen molar-refractivity contribution >= 4 is 22.5 Å². The first-order valence-corrected chi connectivity index (χ1v) is 5.88. The number of carbonyl (C=O) groups is 1. The second-order valence-electron chi connectivity index (χ2n) is 4.78. The minimum atomic E-state index is -0.271. The van der Waals surface area contributed by atoms with E-state index in [-0.39, 0.29) is 17.4 Å². The molecule has 0 aliphatic rings. The van der Waals surface area contributed by atoms with Gasteiger partial charge in [0, 0.05) is 17.2 Å². The Bertz CT molecular complexity index is 684. The average molecular weight is 244 g/mol. The van der Waals surface area contributed by atoms with Crippen molar-refractivity contribution in [2.24, 2.45) is 5.92 Å². The van der Waals surface area contributed by atoms with Gasteiger partial charge in [0.2, 0.25) is 5.91 Å². The summed E-state index contributed by atoms with van der Waals surface area (Å²) in [6, 6.07) is 7.02. The van der Waals surface area contributed by atoms with E-state index in [1.165, 1.54) is 4.57 Å². The highest BCUT2D eigenvalue weighted by Crippen LogP contribution is 2.18. The fourth-order valence-corrected chi connectivity index (χ4v) is 1.93. The van der Waals surface area contributed by atoms with Crippen LogP contribution in [0.1, 0.15) is 24.2 Å². The summed E-state index contributed by atoms with van der Waals surface area (Å²) >= 11 is 0. The highest BCUT2D eigenvalue weighted by Gasteiger charge is 2.16. The summed E-state index contributed by atoms with van der Waals surface area (Å²) < 4.78 is 1.23. The summed E-state index contributed by atoms with van der Waals surface area (Å²) in [5.41, 5.74) is 7.13. The van der Waals surface area contributed by atoms with Gasteiger partial charge >= 0.3 is 0 Å². The number of pyridine rings is 1. The van der Waals surface area contributed by atoms with Crippen molar-refractivity contribution in [2.75, 3.05) is 5.73 Å². The van der Waals surface area contributed by atoms with Crippen LogP contribution in [0.25, 0.3) is 10.9 Å². The van der Waals surface area contributed by atoms with Gasteiger partial charge in [-0.05, 0) is 30.5 Å². The van der Waals surface area contributed by atoms with E-state index in [1.54, 1.807) is 39.0 Å². The molecular weight excluding hydrogens is 228 g/mol. The molecular formula is C14H16N2O2. The number of carbonyl (C=O) groups excluding carboxylic acids is 1. The van der Waals surface area contributed by atoms with Crippen molar-refractivity contribution in [3.05, 3.63) is 40.2 Å². The van der Waals surface area contributed by atoms with E-state index in [4.69, 9.17) is 5.73 Å². The van der Waals surface area contributed by atoms with Crippen LogP contribution < -0.4 is 11.3 Å². The maximum Gasteiger partial charge on any atom is 0.260 e. The number of aromatic nitrogens is 1. The number of anilines is 1. The van der Waals surface area contributed by atoms with Crippen LogP contribution in [0.5, 0.6) is 0 Å². The Morgan fingerprint density at radius 1 is 1.28 bits per heavy atom. The molecule has 1 aromatic carbocycles. The maximum atomic E-state index is 12.2. The zero-order valence-electron chi connectivity index (χ0n) is 10.7. The molecule has 0 bridgehead atoms. The molecule has 0 saturated heterocycles. The summed E-state index contributed by atoms with van der Waals surface area (Å²) in [5, 5.41) is 0.843. The monoisotopic (exact) mass is 244 g/mol. The van der Waals surface area contributed by atoms with Gasteiger partial charge in [-0.3, -0.25) is 9.59 Å². The van der Waals surface area contributed by atoms with Crippen LogP contribution in [0, 0.1) is 12.8 Å². The molecule has 1 aromatic heterocycles. The van der Waals surface area contributed by atoms with Gasteiger partial charge in [0.15, 0.2) is 0 Å². The van der Waals surface area contributed by atoms with E-state index in [9.17, 15) is 9.59 Å². The van der Waals surface area contributed by atoms with Gasteiger partial charge in [0.1, 0.15) is 0 Å². The van der Waals surface area contributed by atoms with Crippen molar-refractivity contribution in [1.29, 1.82) is 0 Å². The normalized spacial score (nSPS) is 11.1. The average Bonchev–Trinajstić information content (AvgIpc) is 2.31. The van der Waals surface area contributed by atoms with Gasteiger partial charge in [-0.15, -0.1) is 0 Å². The van der Waals surface area contributed by atoms with Crippen LogP contribution in [0.4, 0.5) is 5.69 Å². The van der Waals surface area contributed by atoms with Crippen molar-refractivity contribution in [2.45, 2.75) is 20.8 Å². The van der Waals surface area contributed by atoms with Gasteiger partial charge in [0.05, 0.1) is 5.52 Å². The fraction of sp³-hybridized carbons (Fsp3) is 0.286. The van der Waals surface area contributed by atoms with Crippen LogP contribution in [-0.4, -0.2) is 10.5 Å². The Morgan fingerprint density at radius 2 is 1.94 bits per heavy atom.